The predicted molar refractivity (Wildman–Crippen MR) is 83.6 cm³/mol. The lowest BCUT2D eigenvalue weighted by Gasteiger charge is -2.24. The number of esters is 1. The minimum absolute atomic E-state index is 0.156. The van der Waals surface area contributed by atoms with Gasteiger partial charge in [0.25, 0.3) is 0 Å². The predicted octanol–water partition coefficient (Wildman–Crippen LogP) is 3.23. The second-order valence-corrected chi connectivity index (χ2v) is 5.68. The lowest BCUT2D eigenvalue weighted by atomic mass is 9.77. The zero-order valence-electron chi connectivity index (χ0n) is 12.3. The lowest BCUT2D eigenvalue weighted by molar-refractivity contribution is -0.135. The molecule has 22 heavy (non-hydrogen) atoms. The van der Waals surface area contributed by atoms with Crippen molar-refractivity contribution in [3.8, 4) is 5.75 Å². The fourth-order valence-electron chi connectivity index (χ4n) is 3.39. The number of benzene rings is 2. The van der Waals surface area contributed by atoms with E-state index in [1.54, 1.807) is 7.11 Å². The first-order valence-electron chi connectivity index (χ1n) is 7.42. The van der Waals surface area contributed by atoms with Crippen LogP contribution in [0.1, 0.15) is 16.7 Å². The number of hydrogen-bond donors (Lipinski definition) is 0. The fraction of sp³-hybridized carbons (Fsp3) is 0.211. The van der Waals surface area contributed by atoms with Gasteiger partial charge in [-0.2, -0.15) is 0 Å². The van der Waals surface area contributed by atoms with Gasteiger partial charge in [-0.3, -0.25) is 0 Å². The Morgan fingerprint density at radius 1 is 1.14 bits per heavy atom. The maximum atomic E-state index is 12.2. The highest BCUT2D eigenvalue weighted by Gasteiger charge is 2.38. The summed E-state index contributed by atoms with van der Waals surface area (Å²) in [6, 6.07) is 16.1. The molecule has 110 valence electrons. The van der Waals surface area contributed by atoms with Crippen molar-refractivity contribution in [1.82, 2.24) is 0 Å². The molecule has 2 aromatic rings. The molecule has 0 radical (unpaired) electrons. The SMILES string of the molecule is COc1ccc2c(c1)C(c1ccccc1)=C1C(=O)OCC1C2. The third kappa shape index (κ3) is 1.93. The van der Waals surface area contributed by atoms with Gasteiger partial charge in [-0.25, -0.2) is 4.79 Å². The Balaban J connectivity index is 2.00. The highest BCUT2D eigenvalue weighted by atomic mass is 16.5. The van der Waals surface area contributed by atoms with Gasteiger partial charge in [0.1, 0.15) is 5.75 Å². The number of carbonyl (C=O) groups is 1. The molecule has 1 heterocycles. The van der Waals surface area contributed by atoms with Crippen LogP contribution >= 0.6 is 0 Å². The van der Waals surface area contributed by atoms with Crippen LogP contribution in [0, 0.1) is 5.92 Å². The Morgan fingerprint density at radius 3 is 2.73 bits per heavy atom. The van der Waals surface area contributed by atoms with Crippen molar-refractivity contribution in [2.24, 2.45) is 5.92 Å². The van der Waals surface area contributed by atoms with Crippen molar-refractivity contribution < 1.29 is 14.3 Å². The van der Waals surface area contributed by atoms with Gasteiger partial charge in [0, 0.05) is 11.5 Å². The smallest absolute Gasteiger partial charge is 0.335 e. The second-order valence-electron chi connectivity index (χ2n) is 5.68. The van der Waals surface area contributed by atoms with Crippen LogP contribution in [0.15, 0.2) is 54.1 Å². The highest BCUT2D eigenvalue weighted by Crippen LogP contribution is 2.43. The Bertz CT molecular complexity index is 775. The molecule has 0 amide bonds. The number of methoxy groups -OCH3 is 1. The summed E-state index contributed by atoms with van der Waals surface area (Å²) in [6.45, 7) is 0.482. The topological polar surface area (TPSA) is 35.5 Å². The van der Waals surface area contributed by atoms with Crippen molar-refractivity contribution in [3.05, 3.63) is 70.8 Å². The summed E-state index contributed by atoms with van der Waals surface area (Å²) in [7, 11) is 1.66. The quantitative estimate of drug-likeness (QED) is 0.797. The molecule has 0 bridgehead atoms. The highest BCUT2D eigenvalue weighted by molar-refractivity contribution is 6.05. The summed E-state index contributed by atoms with van der Waals surface area (Å²) < 4.78 is 10.7. The fourth-order valence-corrected chi connectivity index (χ4v) is 3.39. The van der Waals surface area contributed by atoms with Gasteiger partial charge in [-0.15, -0.1) is 0 Å². The van der Waals surface area contributed by atoms with E-state index in [1.165, 1.54) is 5.56 Å². The third-order valence-electron chi connectivity index (χ3n) is 4.43. The maximum Gasteiger partial charge on any atom is 0.335 e. The average Bonchev–Trinajstić information content (AvgIpc) is 2.94. The van der Waals surface area contributed by atoms with Crippen molar-refractivity contribution in [2.45, 2.75) is 6.42 Å². The van der Waals surface area contributed by atoms with Gasteiger partial charge in [0.2, 0.25) is 0 Å². The number of hydrogen-bond acceptors (Lipinski definition) is 3. The molecule has 3 nitrogen and oxygen atoms in total. The first-order valence-corrected chi connectivity index (χ1v) is 7.42. The van der Waals surface area contributed by atoms with E-state index in [2.05, 4.69) is 6.07 Å². The van der Waals surface area contributed by atoms with Crippen LogP contribution in [0.3, 0.4) is 0 Å². The van der Waals surface area contributed by atoms with Crippen LogP contribution in [0.4, 0.5) is 0 Å². The Morgan fingerprint density at radius 2 is 1.95 bits per heavy atom. The van der Waals surface area contributed by atoms with E-state index in [-0.39, 0.29) is 11.9 Å². The molecule has 0 saturated carbocycles. The van der Waals surface area contributed by atoms with Gasteiger partial charge in [0.15, 0.2) is 0 Å². The first kappa shape index (κ1) is 13.1. The molecule has 1 fully saturated rings. The van der Waals surface area contributed by atoms with E-state index < -0.39 is 0 Å². The summed E-state index contributed by atoms with van der Waals surface area (Å²) in [5.41, 5.74) is 5.18. The molecule has 1 unspecified atom stereocenters. The van der Waals surface area contributed by atoms with Crippen LogP contribution in [-0.2, 0) is 16.0 Å². The molecule has 0 aromatic heterocycles. The van der Waals surface area contributed by atoms with Gasteiger partial charge < -0.3 is 9.47 Å². The number of cyclic esters (lactones) is 1. The standard InChI is InChI=1S/C19H16O3/c1-21-15-8-7-13-9-14-11-22-19(20)18(14)17(16(13)10-15)12-5-3-2-4-6-12/h2-8,10,14H,9,11H2,1H3. The van der Waals surface area contributed by atoms with Gasteiger partial charge >= 0.3 is 5.97 Å². The number of ether oxygens (including phenoxy) is 2. The Labute approximate surface area is 129 Å². The van der Waals surface area contributed by atoms with Crippen molar-refractivity contribution >= 4 is 11.5 Å². The second kappa shape index (κ2) is 5.02. The van der Waals surface area contributed by atoms with Crippen LogP contribution in [0.2, 0.25) is 0 Å². The Kier molecular flexibility index (Phi) is 3.00. The minimum atomic E-state index is -0.183. The van der Waals surface area contributed by atoms with Gasteiger partial charge in [0.05, 0.1) is 19.3 Å². The summed E-state index contributed by atoms with van der Waals surface area (Å²) in [6.07, 6.45) is 0.844. The van der Waals surface area contributed by atoms with Crippen LogP contribution in [0.5, 0.6) is 5.75 Å². The molecule has 1 aliphatic carbocycles. The average molecular weight is 292 g/mol. The number of rotatable bonds is 2. The van der Waals surface area contributed by atoms with E-state index in [1.807, 2.05) is 42.5 Å². The molecule has 1 atom stereocenters. The number of fused-ring (bicyclic) bond motifs is 2. The van der Waals surface area contributed by atoms with Gasteiger partial charge in [-0.05, 0) is 35.2 Å². The lowest BCUT2D eigenvalue weighted by Crippen LogP contribution is -2.17. The van der Waals surface area contributed by atoms with Crippen LogP contribution in [0.25, 0.3) is 5.57 Å². The van der Waals surface area contributed by atoms with E-state index in [4.69, 9.17) is 9.47 Å². The molecule has 1 aliphatic heterocycles. The molecule has 0 N–H and O–H groups in total. The first-order chi connectivity index (χ1) is 10.8. The van der Waals surface area contributed by atoms with Crippen molar-refractivity contribution in [1.29, 1.82) is 0 Å². The van der Waals surface area contributed by atoms with Crippen molar-refractivity contribution in [3.63, 3.8) is 0 Å². The number of carbonyl (C=O) groups excluding carboxylic acids is 1. The summed E-state index contributed by atoms with van der Waals surface area (Å²) in [5, 5.41) is 0. The summed E-state index contributed by atoms with van der Waals surface area (Å²) in [5.74, 6) is 0.776. The Hall–Kier alpha value is -2.55. The third-order valence-corrected chi connectivity index (χ3v) is 4.43. The minimum Gasteiger partial charge on any atom is -0.497 e. The van der Waals surface area contributed by atoms with E-state index in [0.717, 1.165) is 34.4 Å². The molecule has 2 aromatic carbocycles. The van der Waals surface area contributed by atoms with Crippen molar-refractivity contribution in [2.75, 3.05) is 13.7 Å². The van der Waals surface area contributed by atoms with Crippen LogP contribution < -0.4 is 4.74 Å². The summed E-state index contributed by atoms with van der Waals surface area (Å²) >= 11 is 0. The monoisotopic (exact) mass is 292 g/mol. The van der Waals surface area contributed by atoms with E-state index in [0.29, 0.717) is 6.61 Å². The van der Waals surface area contributed by atoms with E-state index >= 15 is 0 Å². The largest absolute Gasteiger partial charge is 0.497 e. The molecule has 1 saturated heterocycles. The molecular weight excluding hydrogens is 276 g/mol. The van der Waals surface area contributed by atoms with Crippen LogP contribution in [-0.4, -0.2) is 19.7 Å². The maximum absolute atomic E-state index is 12.2. The summed E-state index contributed by atoms with van der Waals surface area (Å²) in [4.78, 5) is 12.2. The van der Waals surface area contributed by atoms with E-state index in [9.17, 15) is 4.79 Å². The molecule has 4 rings (SSSR count). The molecular formula is C19H16O3. The molecule has 3 heteroatoms. The van der Waals surface area contributed by atoms with Gasteiger partial charge in [-0.1, -0.05) is 36.4 Å². The molecule has 0 spiro atoms. The normalized spacial score (nSPS) is 19.5. The zero-order valence-corrected chi connectivity index (χ0v) is 12.3. The molecule has 2 aliphatic rings. The zero-order chi connectivity index (χ0) is 15.1.